The first-order valence-corrected chi connectivity index (χ1v) is 12.2. The minimum atomic E-state index is -1.30. The second-order valence-electron chi connectivity index (χ2n) is 7.29. The fraction of sp³-hybridized carbons (Fsp3) is 0.722. The predicted molar refractivity (Wildman–Crippen MR) is 94.6 cm³/mol. The van der Waals surface area contributed by atoms with Crippen LogP contribution in [0.15, 0.2) is 16.7 Å². The Morgan fingerprint density at radius 3 is 2.05 bits per heavy atom. The van der Waals surface area contributed by atoms with Gasteiger partial charge in [0.1, 0.15) is 8.07 Å². The summed E-state index contributed by atoms with van der Waals surface area (Å²) < 4.78 is 5.70. The molecule has 0 atom stereocenters. The van der Waals surface area contributed by atoms with Crippen LogP contribution < -0.4 is 5.38 Å². The van der Waals surface area contributed by atoms with Crippen molar-refractivity contribution in [1.29, 1.82) is 0 Å². The van der Waals surface area contributed by atoms with Crippen molar-refractivity contribution in [2.24, 2.45) is 0 Å². The molecule has 0 amide bonds. The molecule has 22 heavy (non-hydrogen) atoms. The molecule has 0 saturated heterocycles. The van der Waals surface area contributed by atoms with Gasteiger partial charge in [0, 0.05) is 6.42 Å². The highest BCUT2D eigenvalue weighted by Crippen LogP contribution is 2.13. The zero-order valence-electron chi connectivity index (χ0n) is 14.5. The Morgan fingerprint density at radius 1 is 1.00 bits per heavy atom. The topological polar surface area (TPSA) is 50.4 Å². The molecule has 1 rings (SSSR count). The highest BCUT2D eigenvalue weighted by atomic mass is 28.3. The molecule has 0 aliphatic rings. The van der Waals surface area contributed by atoms with Crippen molar-refractivity contribution in [2.45, 2.75) is 83.8 Å². The van der Waals surface area contributed by atoms with Crippen LogP contribution in [0.5, 0.6) is 0 Å². The van der Waals surface area contributed by atoms with Gasteiger partial charge in [-0.25, -0.2) is 0 Å². The Kier molecular flexibility index (Phi) is 8.54. The van der Waals surface area contributed by atoms with E-state index in [1.807, 2.05) is 6.26 Å². The zero-order valence-corrected chi connectivity index (χ0v) is 15.5. The van der Waals surface area contributed by atoms with Crippen molar-refractivity contribution in [1.82, 2.24) is 0 Å². The van der Waals surface area contributed by atoms with Gasteiger partial charge >= 0.3 is 5.97 Å². The van der Waals surface area contributed by atoms with Gasteiger partial charge in [0.25, 0.3) is 0 Å². The molecule has 1 aromatic heterocycles. The van der Waals surface area contributed by atoms with Crippen molar-refractivity contribution in [3.63, 3.8) is 0 Å². The summed E-state index contributed by atoms with van der Waals surface area (Å²) in [5.74, 6) is -0.670. The SMILES string of the molecule is C[Si](C)(C)c1cc(CCCCCCCCCCC(=O)O)co1. The Bertz CT molecular complexity index is 432. The van der Waals surface area contributed by atoms with Crippen LogP contribution in [0, 0.1) is 0 Å². The van der Waals surface area contributed by atoms with E-state index in [1.165, 1.54) is 49.5 Å². The third-order valence-electron chi connectivity index (χ3n) is 4.00. The maximum Gasteiger partial charge on any atom is 0.303 e. The second-order valence-corrected chi connectivity index (χ2v) is 12.3. The molecule has 0 aliphatic heterocycles. The van der Waals surface area contributed by atoms with E-state index in [4.69, 9.17) is 9.52 Å². The summed E-state index contributed by atoms with van der Waals surface area (Å²) in [5.41, 5.74) is 1.35. The molecule has 0 fully saturated rings. The normalized spacial score (nSPS) is 11.8. The molecule has 0 spiro atoms. The van der Waals surface area contributed by atoms with Crippen LogP contribution in [-0.2, 0) is 11.2 Å². The first-order valence-electron chi connectivity index (χ1n) is 8.69. The summed E-state index contributed by atoms with van der Waals surface area (Å²) in [5, 5.41) is 9.76. The van der Waals surface area contributed by atoms with Gasteiger partial charge in [-0.2, -0.15) is 0 Å². The third-order valence-corrected chi connectivity index (χ3v) is 5.74. The number of hydrogen-bond acceptors (Lipinski definition) is 2. The van der Waals surface area contributed by atoms with Gasteiger partial charge in [0.05, 0.1) is 11.6 Å². The summed E-state index contributed by atoms with van der Waals surface area (Å²) in [6, 6.07) is 2.26. The zero-order chi connectivity index (χ0) is 16.4. The number of rotatable bonds is 12. The van der Waals surface area contributed by atoms with Crippen molar-refractivity contribution in [3.05, 3.63) is 17.9 Å². The van der Waals surface area contributed by atoms with Crippen LogP contribution in [0.25, 0.3) is 0 Å². The summed E-state index contributed by atoms with van der Waals surface area (Å²) in [6.07, 6.45) is 12.8. The summed E-state index contributed by atoms with van der Waals surface area (Å²) in [4.78, 5) is 10.4. The molecule has 126 valence electrons. The molecular formula is C18H32O3Si. The van der Waals surface area contributed by atoms with Crippen molar-refractivity contribution >= 4 is 19.4 Å². The highest BCUT2D eigenvalue weighted by Gasteiger charge is 2.20. The number of carboxylic acids is 1. The Morgan fingerprint density at radius 2 is 1.55 bits per heavy atom. The molecule has 0 bridgehead atoms. The molecular weight excluding hydrogens is 292 g/mol. The molecule has 0 radical (unpaired) electrons. The van der Waals surface area contributed by atoms with E-state index in [9.17, 15) is 4.79 Å². The van der Waals surface area contributed by atoms with Gasteiger partial charge in [-0.05, 0) is 30.9 Å². The lowest BCUT2D eigenvalue weighted by molar-refractivity contribution is -0.137. The van der Waals surface area contributed by atoms with Crippen LogP contribution in [0.1, 0.15) is 63.4 Å². The van der Waals surface area contributed by atoms with Gasteiger partial charge < -0.3 is 9.52 Å². The van der Waals surface area contributed by atoms with E-state index < -0.39 is 14.0 Å². The Balaban J connectivity index is 1.97. The van der Waals surface area contributed by atoms with E-state index in [0.29, 0.717) is 6.42 Å². The Hall–Kier alpha value is -1.03. The third kappa shape index (κ3) is 8.42. The smallest absolute Gasteiger partial charge is 0.303 e. The van der Waals surface area contributed by atoms with E-state index in [-0.39, 0.29) is 0 Å². The highest BCUT2D eigenvalue weighted by molar-refractivity contribution is 6.87. The van der Waals surface area contributed by atoms with E-state index in [2.05, 4.69) is 25.7 Å². The van der Waals surface area contributed by atoms with Crippen LogP contribution in [0.3, 0.4) is 0 Å². The quantitative estimate of drug-likeness (QED) is 0.436. The van der Waals surface area contributed by atoms with Crippen LogP contribution in [-0.4, -0.2) is 19.1 Å². The van der Waals surface area contributed by atoms with Gasteiger partial charge in [0.15, 0.2) is 0 Å². The molecule has 0 aliphatic carbocycles. The molecule has 3 nitrogen and oxygen atoms in total. The van der Waals surface area contributed by atoms with E-state index >= 15 is 0 Å². The first kappa shape index (κ1) is 19.0. The number of carboxylic acid groups (broad SMARTS) is 1. The summed E-state index contributed by atoms with van der Waals surface area (Å²) in [6.45, 7) is 6.93. The summed E-state index contributed by atoms with van der Waals surface area (Å²) >= 11 is 0. The number of carbonyl (C=O) groups is 1. The van der Waals surface area contributed by atoms with Crippen LogP contribution >= 0.6 is 0 Å². The van der Waals surface area contributed by atoms with Crippen LogP contribution in [0.4, 0.5) is 0 Å². The lowest BCUT2D eigenvalue weighted by Crippen LogP contribution is -2.36. The molecule has 0 aromatic carbocycles. The van der Waals surface area contributed by atoms with E-state index in [1.54, 1.807) is 0 Å². The van der Waals surface area contributed by atoms with Gasteiger partial charge in [0.2, 0.25) is 0 Å². The largest absolute Gasteiger partial charge is 0.481 e. The van der Waals surface area contributed by atoms with Gasteiger partial charge in [-0.15, -0.1) is 0 Å². The van der Waals surface area contributed by atoms with Crippen LogP contribution in [0.2, 0.25) is 19.6 Å². The maximum atomic E-state index is 10.4. The molecule has 1 aromatic rings. The Labute approximate surface area is 136 Å². The lowest BCUT2D eigenvalue weighted by Gasteiger charge is -2.10. The first-order chi connectivity index (χ1) is 10.4. The van der Waals surface area contributed by atoms with Crippen molar-refractivity contribution < 1.29 is 14.3 Å². The van der Waals surface area contributed by atoms with Gasteiger partial charge in [-0.1, -0.05) is 58.2 Å². The monoisotopic (exact) mass is 324 g/mol. The average Bonchev–Trinajstić information content (AvgIpc) is 2.89. The second kappa shape index (κ2) is 9.88. The van der Waals surface area contributed by atoms with Crippen molar-refractivity contribution in [3.8, 4) is 0 Å². The lowest BCUT2D eigenvalue weighted by atomic mass is 10.1. The fourth-order valence-electron chi connectivity index (χ4n) is 2.57. The minimum absolute atomic E-state index is 0.324. The summed E-state index contributed by atoms with van der Waals surface area (Å²) in [7, 11) is -1.30. The molecule has 0 unspecified atom stereocenters. The van der Waals surface area contributed by atoms with E-state index in [0.717, 1.165) is 19.3 Å². The maximum absolute atomic E-state index is 10.4. The number of hydrogen-bond donors (Lipinski definition) is 1. The predicted octanol–water partition coefficient (Wildman–Crippen LogP) is 4.96. The minimum Gasteiger partial charge on any atom is -0.481 e. The number of aliphatic carboxylic acids is 1. The molecule has 0 saturated carbocycles. The fourth-order valence-corrected chi connectivity index (χ4v) is 3.60. The van der Waals surface area contributed by atoms with Gasteiger partial charge in [-0.3, -0.25) is 4.79 Å². The van der Waals surface area contributed by atoms with Crippen molar-refractivity contribution in [2.75, 3.05) is 0 Å². The number of furan rings is 1. The molecule has 1 N–H and O–H groups in total. The number of unbranched alkanes of at least 4 members (excludes halogenated alkanes) is 7. The standard InChI is InChI=1S/C18H32O3Si/c1-22(2,3)18-14-16(15-21-18)12-10-8-6-4-5-7-9-11-13-17(19)20/h14-15H,4-13H2,1-3H3,(H,19,20). The average molecular weight is 325 g/mol. The molecule has 1 heterocycles. The number of aryl methyl sites for hydroxylation is 1. The molecule has 4 heteroatoms.